The van der Waals surface area contributed by atoms with Gasteiger partial charge in [0.15, 0.2) is 11.9 Å². The standard InChI is InChI=1S/C39H60O12/c1-20(40)48-29-17-25-24(37(8)16-15-23(39(29,37)10)22-11-14-28(35(5,6)46)51-32(22)43)12-13-27-34(3,4)31(49-21(2)41)26(18-36(25,27)7)50-30(42)19-38(9,47)33(44)45/h22-23,26-29,31-32,43,46-47H,11-19H2,1-10H3,(H,44,45)/t22-,23-,26-,27+,28+,29+,31+,32+,36-,37+,38+,39+/m1/s1. The molecule has 2 saturated carbocycles. The molecular formula is C39H60O12. The van der Waals surface area contributed by atoms with Gasteiger partial charge in [-0.3, -0.25) is 14.4 Å². The van der Waals surface area contributed by atoms with E-state index in [9.17, 15) is 39.6 Å². The molecule has 5 aliphatic rings. The van der Waals surface area contributed by atoms with Gasteiger partial charge in [0.05, 0.1) is 18.1 Å². The second-order valence-corrected chi connectivity index (χ2v) is 18.3. The van der Waals surface area contributed by atoms with Crippen LogP contribution in [-0.4, -0.2) is 86.2 Å². The van der Waals surface area contributed by atoms with Crippen LogP contribution >= 0.6 is 0 Å². The number of aliphatic carboxylic acids is 1. The second-order valence-electron chi connectivity index (χ2n) is 18.3. The van der Waals surface area contributed by atoms with Crippen LogP contribution in [0.3, 0.4) is 0 Å². The van der Waals surface area contributed by atoms with E-state index < -0.39 is 93.9 Å². The monoisotopic (exact) mass is 720 g/mol. The molecule has 0 bridgehead atoms. The fourth-order valence-electron chi connectivity index (χ4n) is 11.7. The lowest BCUT2D eigenvalue weighted by atomic mass is 9.42. The maximum Gasteiger partial charge on any atom is 0.335 e. The highest BCUT2D eigenvalue weighted by Crippen LogP contribution is 2.73. The first-order chi connectivity index (χ1) is 23.3. The topological polar surface area (TPSA) is 186 Å². The third kappa shape index (κ3) is 6.54. The van der Waals surface area contributed by atoms with Crippen molar-refractivity contribution in [3.63, 3.8) is 0 Å². The number of carboxylic acid groups (broad SMARTS) is 1. The van der Waals surface area contributed by atoms with Gasteiger partial charge < -0.3 is 39.4 Å². The third-order valence-corrected chi connectivity index (χ3v) is 14.3. The van der Waals surface area contributed by atoms with E-state index in [2.05, 4.69) is 20.8 Å². The van der Waals surface area contributed by atoms with Gasteiger partial charge in [0.2, 0.25) is 0 Å². The predicted molar refractivity (Wildman–Crippen MR) is 184 cm³/mol. The number of carbonyl (C=O) groups excluding carboxylic acids is 3. The summed E-state index contributed by atoms with van der Waals surface area (Å²) >= 11 is 0. The van der Waals surface area contributed by atoms with Gasteiger partial charge in [-0.05, 0) is 88.4 Å². The molecule has 3 fully saturated rings. The normalized spacial score (nSPS) is 41.7. The van der Waals surface area contributed by atoms with Crippen LogP contribution in [-0.2, 0) is 38.1 Å². The van der Waals surface area contributed by atoms with Crippen molar-refractivity contribution in [1.82, 2.24) is 0 Å². The van der Waals surface area contributed by atoms with Gasteiger partial charge in [-0.15, -0.1) is 0 Å². The first-order valence-corrected chi connectivity index (χ1v) is 18.6. The largest absolute Gasteiger partial charge is 0.479 e. The Hall–Kier alpha value is -2.54. The highest BCUT2D eigenvalue weighted by Gasteiger charge is 2.69. The van der Waals surface area contributed by atoms with Crippen LogP contribution in [0.1, 0.15) is 127 Å². The molecule has 1 heterocycles. The van der Waals surface area contributed by atoms with Crippen LogP contribution in [0.5, 0.6) is 0 Å². The molecule has 1 aliphatic heterocycles. The lowest BCUT2D eigenvalue weighted by molar-refractivity contribution is -0.252. The fourth-order valence-corrected chi connectivity index (χ4v) is 11.7. The van der Waals surface area contributed by atoms with Gasteiger partial charge in [0, 0.05) is 37.0 Å². The second kappa shape index (κ2) is 13.1. The van der Waals surface area contributed by atoms with Crippen LogP contribution in [0, 0.1) is 39.4 Å². The molecule has 0 spiro atoms. The summed E-state index contributed by atoms with van der Waals surface area (Å²) in [5, 5.41) is 41.8. The molecular weight excluding hydrogens is 660 g/mol. The number of carboxylic acids is 1. The molecule has 0 amide bonds. The third-order valence-electron chi connectivity index (χ3n) is 14.3. The number of allylic oxidation sites excluding steroid dienone is 1. The number of ether oxygens (including phenoxy) is 4. The van der Waals surface area contributed by atoms with Crippen molar-refractivity contribution >= 4 is 23.9 Å². The molecule has 0 aromatic heterocycles. The number of aliphatic hydroxyl groups excluding tert-OH is 1. The minimum atomic E-state index is -2.34. The molecule has 12 heteroatoms. The zero-order valence-corrected chi connectivity index (χ0v) is 32.0. The van der Waals surface area contributed by atoms with Gasteiger partial charge in [-0.1, -0.05) is 45.8 Å². The van der Waals surface area contributed by atoms with Crippen molar-refractivity contribution in [2.75, 3.05) is 0 Å². The number of aliphatic hydroxyl groups is 3. The number of hydrogen-bond acceptors (Lipinski definition) is 11. The maximum atomic E-state index is 13.2. The molecule has 4 aliphatic carbocycles. The molecule has 0 unspecified atom stereocenters. The van der Waals surface area contributed by atoms with E-state index in [-0.39, 0.29) is 24.2 Å². The molecule has 51 heavy (non-hydrogen) atoms. The van der Waals surface area contributed by atoms with Crippen LogP contribution in [0.2, 0.25) is 0 Å². The SMILES string of the molecule is CC(=O)O[C@H]1CC2=C(CC[C@H]3C(C)(C)[C@@H](OC(C)=O)[C@H](OC(=O)C[C@](C)(O)C(=O)O)C[C@]23C)[C@]2(C)CC[C@H]([C@H]3CC[C@@H](C(C)(C)O)O[C@@H]3O)[C@@]12C. The van der Waals surface area contributed by atoms with Crippen molar-refractivity contribution in [1.29, 1.82) is 0 Å². The average molecular weight is 721 g/mol. The van der Waals surface area contributed by atoms with Crippen molar-refractivity contribution in [3.8, 4) is 0 Å². The van der Waals surface area contributed by atoms with E-state index in [1.54, 1.807) is 13.8 Å². The summed E-state index contributed by atoms with van der Waals surface area (Å²) in [5.41, 5.74) is -3.20. The van der Waals surface area contributed by atoms with Gasteiger partial charge in [-0.25, -0.2) is 4.79 Å². The minimum absolute atomic E-state index is 0.0133. The van der Waals surface area contributed by atoms with Crippen LogP contribution in [0.15, 0.2) is 11.1 Å². The average Bonchev–Trinajstić information content (AvgIpc) is 3.26. The van der Waals surface area contributed by atoms with E-state index in [0.717, 1.165) is 38.2 Å². The fraction of sp³-hybridized carbons (Fsp3) is 0.846. The predicted octanol–water partition coefficient (Wildman–Crippen LogP) is 4.84. The number of fused-ring (bicyclic) bond motifs is 4. The Bertz CT molecular complexity index is 1460. The zero-order valence-electron chi connectivity index (χ0n) is 32.0. The maximum absolute atomic E-state index is 13.2. The zero-order chi connectivity index (χ0) is 38.3. The highest BCUT2D eigenvalue weighted by molar-refractivity contribution is 5.84. The van der Waals surface area contributed by atoms with Crippen LogP contribution < -0.4 is 0 Å². The molecule has 0 radical (unpaired) electrons. The van der Waals surface area contributed by atoms with E-state index in [1.807, 2.05) is 13.8 Å². The molecule has 1 saturated heterocycles. The van der Waals surface area contributed by atoms with Crippen molar-refractivity contribution in [3.05, 3.63) is 11.1 Å². The number of esters is 3. The van der Waals surface area contributed by atoms with E-state index in [0.29, 0.717) is 19.3 Å². The van der Waals surface area contributed by atoms with Gasteiger partial charge in [-0.2, -0.15) is 0 Å². The Labute approximate surface area is 301 Å². The van der Waals surface area contributed by atoms with Gasteiger partial charge in [0.1, 0.15) is 18.3 Å². The molecule has 4 N–H and O–H groups in total. The summed E-state index contributed by atoms with van der Waals surface area (Å²) in [5.74, 6) is -3.64. The quantitative estimate of drug-likeness (QED) is 0.152. The summed E-state index contributed by atoms with van der Waals surface area (Å²) in [6.07, 6.45) is 0.549. The molecule has 288 valence electrons. The summed E-state index contributed by atoms with van der Waals surface area (Å²) in [4.78, 5) is 50.1. The number of rotatable bonds is 8. The smallest absolute Gasteiger partial charge is 0.335 e. The molecule has 0 aromatic rings. The Balaban J connectivity index is 1.56. The summed E-state index contributed by atoms with van der Waals surface area (Å²) in [7, 11) is 0. The molecule has 5 rings (SSSR count). The summed E-state index contributed by atoms with van der Waals surface area (Å²) < 4.78 is 24.2. The number of hydrogen-bond donors (Lipinski definition) is 4. The van der Waals surface area contributed by atoms with Crippen molar-refractivity contribution < 1.29 is 58.6 Å². The number of carbonyl (C=O) groups is 4. The molecule has 12 atom stereocenters. The van der Waals surface area contributed by atoms with Crippen LogP contribution in [0.4, 0.5) is 0 Å². The van der Waals surface area contributed by atoms with Gasteiger partial charge in [0.25, 0.3) is 0 Å². The molecule has 0 aromatic carbocycles. The van der Waals surface area contributed by atoms with Crippen molar-refractivity contribution in [2.45, 2.75) is 169 Å². The van der Waals surface area contributed by atoms with Crippen molar-refractivity contribution in [2.24, 2.45) is 39.4 Å². The lowest BCUT2D eigenvalue weighted by Crippen LogP contribution is -2.63. The highest BCUT2D eigenvalue weighted by atomic mass is 16.6. The minimum Gasteiger partial charge on any atom is -0.479 e. The lowest BCUT2D eigenvalue weighted by Gasteiger charge is -2.64. The Morgan fingerprint density at radius 2 is 1.51 bits per heavy atom. The Morgan fingerprint density at radius 3 is 2.06 bits per heavy atom. The van der Waals surface area contributed by atoms with E-state index in [1.165, 1.54) is 19.4 Å². The van der Waals surface area contributed by atoms with E-state index in [4.69, 9.17) is 18.9 Å². The summed E-state index contributed by atoms with van der Waals surface area (Å²) in [6, 6.07) is 0. The first kappa shape index (κ1) is 39.7. The Kier molecular flexibility index (Phi) is 10.2. The Morgan fingerprint density at radius 1 is 0.882 bits per heavy atom. The van der Waals surface area contributed by atoms with Gasteiger partial charge >= 0.3 is 23.9 Å². The first-order valence-electron chi connectivity index (χ1n) is 18.6. The van der Waals surface area contributed by atoms with Crippen LogP contribution in [0.25, 0.3) is 0 Å². The van der Waals surface area contributed by atoms with E-state index >= 15 is 0 Å². The summed E-state index contributed by atoms with van der Waals surface area (Å²) in [6.45, 7) is 17.8. The molecule has 12 nitrogen and oxygen atoms in total.